The number of aliphatic hydroxyl groups is 2. The lowest BCUT2D eigenvalue weighted by molar-refractivity contribution is -0.0795. The average molecular weight is 147 g/mol. The lowest BCUT2D eigenvalue weighted by Crippen LogP contribution is -2.45. The van der Waals surface area contributed by atoms with Crippen LogP contribution in [-0.2, 0) is 4.74 Å². The smallest absolute Gasteiger partial charge is 0.130 e. The van der Waals surface area contributed by atoms with Crippen molar-refractivity contribution in [3.05, 3.63) is 0 Å². The molecule has 0 aromatic carbocycles. The molecule has 1 aliphatic rings. The van der Waals surface area contributed by atoms with Gasteiger partial charge in [-0.05, 0) is 0 Å². The van der Waals surface area contributed by atoms with Gasteiger partial charge >= 0.3 is 0 Å². The van der Waals surface area contributed by atoms with Crippen molar-refractivity contribution in [3.8, 4) is 0 Å². The number of aliphatic hydroxyl groups excluding tert-OH is 2. The Hall–Kier alpha value is -0.160. The van der Waals surface area contributed by atoms with Crippen LogP contribution >= 0.6 is 0 Å². The van der Waals surface area contributed by atoms with Gasteiger partial charge in [-0.1, -0.05) is 0 Å². The van der Waals surface area contributed by atoms with Crippen LogP contribution < -0.4 is 0 Å². The number of rotatable bonds is 2. The van der Waals surface area contributed by atoms with E-state index in [-0.39, 0.29) is 6.61 Å². The SMILES string of the molecule is OCC(O)N1CCOCC1. The second kappa shape index (κ2) is 3.88. The Kier molecular flexibility index (Phi) is 3.08. The molecule has 1 atom stereocenters. The quantitative estimate of drug-likeness (QED) is 0.506. The predicted octanol–water partition coefficient (Wildman–Crippen LogP) is -1.37. The molecule has 0 amide bonds. The van der Waals surface area contributed by atoms with Crippen molar-refractivity contribution in [1.29, 1.82) is 0 Å². The third-order valence-electron chi connectivity index (χ3n) is 1.63. The number of hydrogen-bond donors (Lipinski definition) is 2. The standard InChI is InChI=1S/C6H13NO3/c8-5-6(9)7-1-3-10-4-2-7/h6,8-9H,1-5H2. The summed E-state index contributed by atoms with van der Waals surface area (Å²) in [6, 6.07) is 0. The van der Waals surface area contributed by atoms with Crippen molar-refractivity contribution in [1.82, 2.24) is 4.90 Å². The molecule has 1 aliphatic heterocycles. The topological polar surface area (TPSA) is 52.9 Å². The molecule has 4 heteroatoms. The molecule has 0 spiro atoms. The number of hydrogen-bond acceptors (Lipinski definition) is 4. The minimum Gasteiger partial charge on any atom is -0.392 e. The van der Waals surface area contributed by atoms with Gasteiger partial charge in [-0.15, -0.1) is 0 Å². The van der Waals surface area contributed by atoms with E-state index in [4.69, 9.17) is 14.9 Å². The molecule has 0 aliphatic carbocycles. The van der Waals surface area contributed by atoms with Crippen LogP contribution in [-0.4, -0.2) is 54.3 Å². The zero-order chi connectivity index (χ0) is 7.40. The Morgan fingerprint density at radius 1 is 1.40 bits per heavy atom. The minimum atomic E-state index is -0.705. The Morgan fingerprint density at radius 2 is 2.00 bits per heavy atom. The molecule has 0 aromatic rings. The van der Waals surface area contributed by atoms with Gasteiger partial charge < -0.3 is 14.9 Å². The van der Waals surface area contributed by atoms with Crippen molar-refractivity contribution in [3.63, 3.8) is 0 Å². The monoisotopic (exact) mass is 147 g/mol. The molecule has 1 fully saturated rings. The van der Waals surface area contributed by atoms with E-state index in [0.717, 1.165) is 0 Å². The molecular formula is C6H13NO3. The molecule has 0 saturated carbocycles. The van der Waals surface area contributed by atoms with Gasteiger partial charge in [0.2, 0.25) is 0 Å². The maximum Gasteiger partial charge on any atom is 0.130 e. The van der Waals surface area contributed by atoms with E-state index >= 15 is 0 Å². The molecule has 1 heterocycles. The molecule has 1 rings (SSSR count). The first-order valence-electron chi connectivity index (χ1n) is 3.45. The molecule has 2 N–H and O–H groups in total. The van der Waals surface area contributed by atoms with E-state index < -0.39 is 6.23 Å². The van der Waals surface area contributed by atoms with Crippen LogP contribution in [0.25, 0.3) is 0 Å². The maximum absolute atomic E-state index is 9.10. The van der Waals surface area contributed by atoms with Crippen LogP contribution in [0.4, 0.5) is 0 Å². The molecule has 0 radical (unpaired) electrons. The van der Waals surface area contributed by atoms with E-state index in [2.05, 4.69) is 0 Å². The molecule has 4 nitrogen and oxygen atoms in total. The highest BCUT2D eigenvalue weighted by molar-refractivity contribution is 4.63. The number of morpholine rings is 1. The summed E-state index contributed by atoms with van der Waals surface area (Å²) in [5.41, 5.74) is 0. The van der Waals surface area contributed by atoms with Gasteiger partial charge in [-0.25, -0.2) is 0 Å². The number of ether oxygens (including phenoxy) is 1. The highest BCUT2D eigenvalue weighted by Crippen LogP contribution is 1.99. The second-order valence-corrected chi connectivity index (χ2v) is 2.31. The molecule has 10 heavy (non-hydrogen) atoms. The summed E-state index contributed by atoms with van der Waals surface area (Å²) in [6.45, 7) is 2.53. The summed E-state index contributed by atoms with van der Waals surface area (Å²) in [4.78, 5) is 1.80. The van der Waals surface area contributed by atoms with Crippen molar-refractivity contribution < 1.29 is 14.9 Å². The van der Waals surface area contributed by atoms with E-state index in [1.807, 2.05) is 0 Å². The van der Waals surface area contributed by atoms with Crippen LogP contribution in [0.15, 0.2) is 0 Å². The molecular weight excluding hydrogens is 134 g/mol. The van der Waals surface area contributed by atoms with E-state index in [1.54, 1.807) is 4.90 Å². The van der Waals surface area contributed by atoms with Crippen molar-refractivity contribution in [2.24, 2.45) is 0 Å². The first kappa shape index (κ1) is 7.94. The van der Waals surface area contributed by atoms with Crippen molar-refractivity contribution in [2.45, 2.75) is 6.23 Å². The van der Waals surface area contributed by atoms with Crippen LogP contribution in [0.3, 0.4) is 0 Å². The fourth-order valence-electron chi connectivity index (χ4n) is 0.991. The fourth-order valence-corrected chi connectivity index (χ4v) is 0.991. The zero-order valence-electron chi connectivity index (χ0n) is 5.86. The fraction of sp³-hybridized carbons (Fsp3) is 1.00. The van der Waals surface area contributed by atoms with Gasteiger partial charge in [-0.2, -0.15) is 0 Å². The third kappa shape index (κ3) is 1.91. The van der Waals surface area contributed by atoms with Crippen molar-refractivity contribution in [2.75, 3.05) is 32.9 Å². The van der Waals surface area contributed by atoms with Crippen LogP contribution in [0.1, 0.15) is 0 Å². The molecule has 0 bridgehead atoms. The second-order valence-electron chi connectivity index (χ2n) is 2.31. The summed E-state index contributed by atoms with van der Waals surface area (Å²) in [5.74, 6) is 0. The van der Waals surface area contributed by atoms with Gasteiger partial charge in [-0.3, -0.25) is 4.90 Å². The normalized spacial score (nSPS) is 24.6. The first-order valence-corrected chi connectivity index (χ1v) is 3.45. The van der Waals surface area contributed by atoms with Gasteiger partial charge in [0.25, 0.3) is 0 Å². The molecule has 1 saturated heterocycles. The largest absolute Gasteiger partial charge is 0.392 e. The lowest BCUT2D eigenvalue weighted by Gasteiger charge is -2.29. The maximum atomic E-state index is 9.10. The summed E-state index contributed by atoms with van der Waals surface area (Å²) in [6.07, 6.45) is -0.705. The Bertz CT molecular complexity index is 93.0. The summed E-state index contributed by atoms with van der Waals surface area (Å²) < 4.78 is 5.06. The molecule has 0 aromatic heterocycles. The van der Waals surface area contributed by atoms with Crippen LogP contribution in [0, 0.1) is 0 Å². The van der Waals surface area contributed by atoms with Crippen molar-refractivity contribution >= 4 is 0 Å². The Balaban J connectivity index is 2.24. The Morgan fingerprint density at radius 3 is 2.50 bits per heavy atom. The van der Waals surface area contributed by atoms with Crippen LogP contribution in [0.2, 0.25) is 0 Å². The Labute approximate surface area is 60.0 Å². The lowest BCUT2D eigenvalue weighted by atomic mass is 10.4. The molecule has 60 valence electrons. The first-order chi connectivity index (χ1) is 4.84. The van der Waals surface area contributed by atoms with Gasteiger partial charge in [0.05, 0.1) is 19.8 Å². The third-order valence-corrected chi connectivity index (χ3v) is 1.63. The average Bonchev–Trinajstić information content (AvgIpc) is 2.05. The van der Waals surface area contributed by atoms with Crippen LogP contribution in [0.5, 0.6) is 0 Å². The van der Waals surface area contributed by atoms with E-state index in [9.17, 15) is 0 Å². The highest BCUT2D eigenvalue weighted by atomic mass is 16.5. The summed E-state index contributed by atoms with van der Waals surface area (Å²) in [7, 11) is 0. The van der Waals surface area contributed by atoms with E-state index in [0.29, 0.717) is 26.3 Å². The summed E-state index contributed by atoms with van der Waals surface area (Å²) >= 11 is 0. The zero-order valence-corrected chi connectivity index (χ0v) is 5.86. The highest BCUT2D eigenvalue weighted by Gasteiger charge is 2.16. The van der Waals surface area contributed by atoms with Gasteiger partial charge in [0.1, 0.15) is 6.23 Å². The van der Waals surface area contributed by atoms with Gasteiger partial charge in [0, 0.05) is 13.1 Å². The molecule has 1 unspecified atom stereocenters. The predicted molar refractivity (Wildman–Crippen MR) is 35.5 cm³/mol. The van der Waals surface area contributed by atoms with Gasteiger partial charge in [0.15, 0.2) is 0 Å². The number of nitrogens with zero attached hydrogens (tertiary/aromatic N) is 1. The minimum absolute atomic E-state index is 0.194. The van der Waals surface area contributed by atoms with E-state index in [1.165, 1.54) is 0 Å². The summed E-state index contributed by atoms with van der Waals surface area (Å²) in [5, 5.41) is 17.7.